The van der Waals surface area contributed by atoms with Gasteiger partial charge in [-0.3, -0.25) is 9.52 Å². The molecular weight excluding hydrogens is 383 g/mol. The van der Waals surface area contributed by atoms with Crippen molar-refractivity contribution in [2.24, 2.45) is 0 Å². The Kier molecular flexibility index (Phi) is 5.60. The summed E-state index contributed by atoms with van der Waals surface area (Å²) in [5, 5.41) is 12.1. The number of carbonyl (C=O) groups is 1. The van der Waals surface area contributed by atoms with Gasteiger partial charge in [-0.05, 0) is 54.1 Å². The minimum absolute atomic E-state index is 0.0515. The lowest BCUT2D eigenvalue weighted by molar-refractivity contribution is -0.115. The molecular formula is C20H17FN2O4S. The molecule has 0 fully saturated rings. The third kappa shape index (κ3) is 5.08. The lowest BCUT2D eigenvalue weighted by Crippen LogP contribution is -2.15. The number of aromatic hydroxyl groups is 1. The molecule has 6 nitrogen and oxygen atoms in total. The van der Waals surface area contributed by atoms with Crippen molar-refractivity contribution in [1.29, 1.82) is 0 Å². The minimum Gasteiger partial charge on any atom is -0.508 e. The van der Waals surface area contributed by atoms with Gasteiger partial charge in [-0.25, -0.2) is 12.8 Å². The molecule has 0 saturated heterocycles. The van der Waals surface area contributed by atoms with Crippen molar-refractivity contribution < 1.29 is 22.7 Å². The summed E-state index contributed by atoms with van der Waals surface area (Å²) in [7, 11) is -3.83. The summed E-state index contributed by atoms with van der Waals surface area (Å²) < 4.78 is 39.9. The van der Waals surface area contributed by atoms with E-state index in [0.717, 1.165) is 12.1 Å². The molecule has 0 unspecified atom stereocenters. The van der Waals surface area contributed by atoms with Crippen LogP contribution < -0.4 is 10.0 Å². The molecule has 0 saturated carbocycles. The van der Waals surface area contributed by atoms with Crippen LogP contribution in [0.2, 0.25) is 0 Å². The monoisotopic (exact) mass is 400 g/mol. The van der Waals surface area contributed by atoms with Crippen molar-refractivity contribution in [2.45, 2.75) is 11.3 Å². The Morgan fingerprint density at radius 3 is 2.25 bits per heavy atom. The van der Waals surface area contributed by atoms with Gasteiger partial charge in [-0.2, -0.15) is 0 Å². The average molecular weight is 400 g/mol. The van der Waals surface area contributed by atoms with Crippen molar-refractivity contribution in [3.05, 3.63) is 84.2 Å². The number of amides is 1. The maximum absolute atomic E-state index is 12.9. The number of phenolic OH excluding ortho intramolecular Hbond substituents is 1. The van der Waals surface area contributed by atoms with Crippen LogP contribution in [-0.2, 0) is 21.2 Å². The lowest BCUT2D eigenvalue weighted by Gasteiger charge is -2.09. The molecule has 8 heteroatoms. The molecule has 3 N–H and O–H groups in total. The molecule has 1 amide bonds. The van der Waals surface area contributed by atoms with E-state index < -0.39 is 15.8 Å². The maximum Gasteiger partial charge on any atom is 0.261 e. The number of carbonyl (C=O) groups excluding carboxylic acids is 1. The Hall–Kier alpha value is -3.39. The smallest absolute Gasteiger partial charge is 0.261 e. The number of benzene rings is 3. The molecule has 0 aliphatic carbocycles. The first kappa shape index (κ1) is 19.4. The highest BCUT2D eigenvalue weighted by Gasteiger charge is 2.14. The zero-order valence-corrected chi connectivity index (χ0v) is 15.4. The van der Waals surface area contributed by atoms with Gasteiger partial charge in [-0.15, -0.1) is 0 Å². The molecule has 3 rings (SSSR count). The van der Waals surface area contributed by atoms with E-state index in [4.69, 9.17) is 0 Å². The summed E-state index contributed by atoms with van der Waals surface area (Å²) in [6.07, 6.45) is 0.0840. The van der Waals surface area contributed by atoms with E-state index in [9.17, 15) is 22.7 Å². The van der Waals surface area contributed by atoms with Crippen molar-refractivity contribution in [1.82, 2.24) is 0 Å². The summed E-state index contributed by atoms with van der Waals surface area (Å²) in [5.41, 5.74) is 1.48. The van der Waals surface area contributed by atoms with Gasteiger partial charge in [0.15, 0.2) is 0 Å². The normalized spacial score (nSPS) is 11.0. The fourth-order valence-electron chi connectivity index (χ4n) is 2.49. The van der Waals surface area contributed by atoms with Crippen LogP contribution in [0.3, 0.4) is 0 Å². The van der Waals surface area contributed by atoms with E-state index in [2.05, 4.69) is 10.0 Å². The number of nitrogens with one attached hydrogen (secondary N) is 2. The number of phenols is 1. The highest BCUT2D eigenvalue weighted by molar-refractivity contribution is 7.92. The van der Waals surface area contributed by atoms with Gasteiger partial charge in [0.05, 0.1) is 11.3 Å². The second-order valence-electron chi connectivity index (χ2n) is 6.03. The summed E-state index contributed by atoms with van der Waals surface area (Å²) in [6, 6.07) is 17.1. The van der Waals surface area contributed by atoms with Crippen LogP contribution >= 0.6 is 0 Å². The van der Waals surface area contributed by atoms with E-state index in [0.29, 0.717) is 16.9 Å². The standard InChI is InChI=1S/C20H17FN2O4S/c21-15-6-10-19(11-7-15)28(26,27)23-16-8-4-14(5-9-16)12-20(25)22-17-2-1-3-18(24)13-17/h1-11,13,23-24H,12H2,(H,22,25). The number of hydrogen-bond donors (Lipinski definition) is 3. The molecule has 3 aromatic carbocycles. The Morgan fingerprint density at radius 1 is 0.929 bits per heavy atom. The van der Waals surface area contributed by atoms with Crippen molar-refractivity contribution in [3.8, 4) is 5.75 Å². The van der Waals surface area contributed by atoms with Crippen LogP contribution in [0.15, 0.2) is 77.7 Å². The van der Waals surface area contributed by atoms with Gasteiger partial charge in [0, 0.05) is 17.4 Å². The fourth-order valence-corrected chi connectivity index (χ4v) is 3.55. The van der Waals surface area contributed by atoms with Crippen LogP contribution in [-0.4, -0.2) is 19.4 Å². The van der Waals surface area contributed by atoms with Crippen LogP contribution in [0.5, 0.6) is 5.75 Å². The second kappa shape index (κ2) is 8.10. The number of rotatable bonds is 6. The fraction of sp³-hybridized carbons (Fsp3) is 0.0500. The second-order valence-corrected chi connectivity index (χ2v) is 7.71. The Morgan fingerprint density at radius 2 is 1.61 bits per heavy atom. The zero-order chi connectivity index (χ0) is 20.1. The van der Waals surface area contributed by atoms with Crippen molar-refractivity contribution in [3.63, 3.8) is 0 Å². The molecule has 0 aliphatic rings. The average Bonchev–Trinajstić information content (AvgIpc) is 2.63. The van der Waals surface area contributed by atoms with Crippen LogP contribution in [0.25, 0.3) is 0 Å². The molecule has 0 heterocycles. The van der Waals surface area contributed by atoms with Crippen LogP contribution in [0, 0.1) is 5.82 Å². The van der Waals surface area contributed by atoms with Crippen LogP contribution in [0.4, 0.5) is 15.8 Å². The quantitative estimate of drug-likeness (QED) is 0.590. The Balaban J connectivity index is 1.63. The van der Waals surface area contributed by atoms with Gasteiger partial charge >= 0.3 is 0 Å². The number of hydrogen-bond acceptors (Lipinski definition) is 4. The van der Waals surface area contributed by atoms with Crippen molar-refractivity contribution in [2.75, 3.05) is 10.0 Å². The van der Waals surface area contributed by atoms with E-state index in [1.165, 1.54) is 36.4 Å². The summed E-state index contributed by atoms with van der Waals surface area (Å²) in [5.74, 6) is -0.742. The Labute approximate surface area is 161 Å². The number of anilines is 2. The van der Waals surface area contributed by atoms with E-state index in [1.54, 1.807) is 24.3 Å². The summed E-state index contributed by atoms with van der Waals surface area (Å²) >= 11 is 0. The molecule has 0 radical (unpaired) electrons. The number of sulfonamides is 1. The van der Waals surface area contributed by atoms with Gasteiger partial charge in [0.2, 0.25) is 5.91 Å². The van der Waals surface area contributed by atoms with E-state index in [-0.39, 0.29) is 23.0 Å². The molecule has 0 bridgehead atoms. The third-order valence-corrected chi connectivity index (χ3v) is 5.22. The van der Waals surface area contributed by atoms with Gasteiger partial charge < -0.3 is 10.4 Å². The van der Waals surface area contributed by atoms with Gasteiger partial charge in [0.1, 0.15) is 11.6 Å². The Bertz CT molecular complexity index is 1080. The largest absolute Gasteiger partial charge is 0.508 e. The first-order chi connectivity index (χ1) is 13.3. The topological polar surface area (TPSA) is 95.5 Å². The maximum atomic E-state index is 12.9. The highest BCUT2D eigenvalue weighted by Crippen LogP contribution is 2.18. The SMILES string of the molecule is O=C(Cc1ccc(NS(=O)(=O)c2ccc(F)cc2)cc1)Nc1cccc(O)c1. The molecule has 28 heavy (non-hydrogen) atoms. The van der Waals surface area contributed by atoms with E-state index in [1.807, 2.05) is 0 Å². The van der Waals surface area contributed by atoms with Crippen LogP contribution in [0.1, 0.15) is 5.56 Å². The van der Waals surface area contributed by atoms with E-state index >= 15 is 0 Å². The molecule has 0 spiro atoms. The first-order valence-corrected chi connectivity index (χ1v) is 9.76. The van der Waals surface area contributed by atoms with Gasteiger partial charge in [-0.1, -0.05) is 18.2 Å². The zero-order valence-electron chi connectivity index (χ0n) is 14.6. The molecule has 0 atom stereocenters. The summed E-state index contributed by atoms with van der Waals surface area (Å²) in [4.78, 5) is 12.0. The van der Waals surface area contributed by atoms with Gasteiger partial charge in [0.25, 0.3) is 10.0 Å². The molecule has 0 aliphatic heterocycles. The first-order valence-electron chi connectivity index (χ1n) is 8.28. The lowest BCUT2D eigenvalue weighted by atomic mass is 10.1. The predicted molar refractivity (Wildman–Crippen MR) is 104 cm³/mol. The van der Waals surface area contributed by atoms with Crippen molar-refractivity contribution >= 4 is 27.3 Å². The minimum atomic E-state index is -3.83. The summed E-state index contributed by atoms with van der Waals surface area (Å²) in [6.45, 7) is 0. The molecule has 0 aromatic heterocycles. The highest BCUT2D eigenvalue weighted by atomic mass is 32.2. The molecule has 144 valence electrons. The third-order valence-electron chi connectivity index (χ3n) is 3.82. The number of halogens is 1. The predicted octanol–water partition coefficient (Wildman–Crippen LogP) is 3.51. The molecule has 3 aromatic rings.